The number of nitrogens with two attached hydrogens (primary N) is 1. The van der Waals surface area contributed by atoms with Crippen LogP contribution in [0.4, 0.5) is 0 Å². The zero-order valence-electron chi connectivity index (χ0n) is 11.6. The molecule has 2 unspecified atom stereocenters. The van der Waals surface area contributed by atoms with Crippen molar-refractivity contribution in [2.24, 2.45) is 11.7 Å². The van der Waals surface area contributed by atoms with Crippen LogP contribution in [0, 0.1) is 5.92 Å². The molecule has 1 aliphatic carbocycles. The first-order valence-electron chi connectivity index (χ1n) is 6.98. The number of amides is 1. The Morgan fingerprint density at radius 1 is 1.45 bits per heavy atom. The maximum Gasteiger partial charge on any atom is 0.225 e. The van der Waals surface area contributed by atoms with Gasteiger partial charge in [-0.25, -0.2) is 4.98 Å². The molecular formula is C15H19N3OS. The summed E-state index contributed by atoms with van der Waals surface area (Å²) in [4.78, 5) is 18.7. The minimum Gasteiger partial charge on any atom is -0.339 e. The highest BCUT2D eigenvalue weighted by molar-refractivity contribution is 7.18. The van der Waals surface area contributed by atoms with Crippen LogP contribution in [-0.4, -0.2) is 28.9 Å². The fourth-order valence-corrected chi connectivity index (χ4v) is 3.84. The molecule has 0 radical (unpaired) electrons. The van der Waals surface area contributed by atoms with Gasteiger partial charge < -0.3 is 10.6 Å². The molecule has 106 valence electrons. The largest absolute Gasteiger partial charge is 0.339 e. The normalized spacial score (nSPS) is 22.3. The molecule has 0 bridgehead atoms. The van der Waals surface area contributed by atoms with E-state index in [1.807, 2.05) is 25.2 Å². The topological polar surface area (TPSA) is 59.2 Å². The van der Waals surface area contributed by atoms with Gasteiger partial charge in [0.2, 0.25) is 5.91 Å². The fraction of sp³-hybridized carbons (Fsp3) is 0.467. The van der Waals surface area contributed by atoms with E-state index in [2.05, 4.69) is 11.1 Å². The quantitative estimate of drug-likeness (QED) is 0.943. The van der Waals surface area contributed by atoms with E-state index in [1.54, 1.807) is 16.2 Å². The molecule has 1 aromatic carbocycles. The number of hydrogen-bond donors (Lipinski definition) is 1. The highest BCUT2D eigenvalue weighted by Crippen LogP contribution is 2.27. The van der Waals surface area contributed by atoms with Gasteiger partial charge in [0.05, 0.1) is 16.8 Å². The van der Waals surface area contributed by atoms with E-state index in [0.29, 0.717) is 6.54 Å². The zero-order valence-corrected chi connectivity index (χ0v) is 12.4. The molecule has 2 aromatic rings. The van der Waals surface area contributed by atoms with Gasteiger partial charge >= 0.3 is 0 Å². The van der Waals surface area contributed by atoms with E-state index in [4.69, 9.17) is 5.73 Å². The summed E-state index contributed by atoms with van der Waals surface area (Å²) in [7, 11) is 1.86. The van der Waals surface area contributed by atoms with E-state index in [0.717, 1.165) is 29.8 Å². The minimum absolute atomic E-state index is 0.101. The molecule has 2 N–H and O–H groups in total. The predicted octanol–water partition coefficient (Wildman–Crippen LogP) is 2.38. The monoisotopic (exact) mass is 289 g/mol. The smallest absolute Gasteiger partial charge is 0.225 e. The number of hydrogen-bond acceptors (Lipinski definition) is 4. The molecular weight excluding hydrogens is 270 g/mol. The summed E-state index contributed by atoms with van der Waals surface area (Å²) >= 11 is 1.66. The number of benzene rings is 1. The molecule has 1 saturated carbocycles. The molecule has 1 amide bonds. The summed E-state index contributed by atoms with van der Waals surface area (Å²) in [5, 5.41) is 0.990. The van der Waals surface area contributed by atoms with E-state index in [9.17, 15) is 4.79 Å². The summed E-state index contributed by atoms with van der Waals surface area (Å²) in [5.41, 5.74) is 6.90. The van der Waals surface area contributed by atoms with Gasteiger partial charge in [-0.3, -0.25) is 4.79 Å². The van der Waals surface area contributed by atoms with Crippen LogP contribution >= 0.6 is 11.3 Å². The Labute approximate surface area is 122 Å². The lowest BCUT2D eigenvalue weighted by atomic mass is 10.1. The van der Waals surface area contributed by atoms with Crippen molar-refractivity contribution in [3.8, 4) is 0 Å². The van der Waals surface area contributed by atoms with Gasteiger partial charge in [0.25, 0.3) is 0 Å². The van der Waals surface area contributed by atoms with Gasteiger partial charge in [-0.15, -0.1) is 11.3 Å². The second-order valence-electron chi connectivity index (χ2n) is 5.54. The van der Waals surface area contributed by atoms with Gasteiger partial charge in [-0.05, 0) is 31.4 Å². The van der Waals surface area contributed by atoms with Crippen LogP contribution in [0.1, 0.15) is 24.3 Å². The molecule has 1 aliphatic rings. The third-order valence-electron chi connectivity index (χ3n) is 3.91. The van der Waals surface area contributed by atoms with Crippen LogP contribution in [-0.2, 0) is 11.3 Å². The van der Waals surface area contributed by atoms with E-state index in [-0.39, 0.29) is 17.9 Å². The highest BCUT2D eigenvalue weighted by Gasteiger charge is 2.29. The van der Waals surface area contributed by atoms with Crippen LogP contribution < -0.4 is 5.73 Å². The Balaban J connectivity index is 1.68. The lowest BCUT2D eigenvalue weighted by Crippen LogP contribution is -2.32. The molecule has 4 nitrogen and oxygen atoms in total. The Bertz CT molecular complexity index is 591. The van der Waals surface area contributed by atoms with Crippen molar-refractivity contribution in [2.75, 3.05) is 7.05 Å². The zero-order chi connectivity index (χ0) is 14.1. The lowest BCUT2D eigenvalue weighted by Gasteiger charge is -2.19. The minimum atomic E-state index is 0.101. The molecule has 1 fully saturated rings. The molecule has 2 atom stereocenters. The lowest BCUT2D eigenvalue weighted by molar-refractivity contribution is -0.134. The summed E-state index contributed by atoms with van der Waals surface area (Å²) in [6.45, 7) is 0.587. The van der Waals surface area contributed by atoms with Crippen molar-refractivity contribution in [3.63, 3.8) is 0 Å². The number of nitrogens with zero attached hydrogens (tertiary/aromatic N) is 2. The second kappa shape index (κ2) is 5.50. The average molecular weight is 289 g/mol. The molecule has 1 aromatic heterocycles. The fourth-order valence-electron chi connectivity index (χ4n) is 2.82. The molecule has 1 heterocycles. The third kappa shape index (κ3) is 2.69. The van der Waals surface area contributed by atoms with Crippen molar-refractivity contribution in [3.05, 3.63) is 29.3 Å². The molecule has 3 rings (SSSR count). The summed E-state index contributed by atoms with van der Waals surface area (Å²) in [6, 6.07) is 8.26. The third-order valence-corrected chi connectivity index (χ3v) is 4.93. The first kappa shape index (κ1) is 13.5. The number of carbonyl (C=O) groups is 1. The van der Waals surface area contributed by atoms with Crippen LogP contribution in [0.2, 0.25) is 0 Å². The number of carbonyl (C=O) groups excluding carboxylic acids is 1. The second-order valence-corrected chi connectivity index (χ2v) is 6.65. The van der Waals surface area contributed by atoms with Crippen LogP contribution in [0.5, 0.6) is 0 Å². The predicted molar refractivity (Wildman–Crippen MR) is 81.4 cm³/mol. The van der Waals surface area contributed by atoms with Crippen molar-refractivity contribution in [2.45, 2.75) is 31.8 Å². The standard InChI is InChI=1S/C15H19N3OS/c1-18(15(19)10-6-7-11(16)8-10)9-14-17-12-4-2-3-5-13(12)20-14/h2-5,10-11H,6-9,16H2,1H3. The van der Waals surface area contributed by atoms with E-state index in [1.165, 1.54) is 4.70 Å². The molecule has 0 aliphatic heterocycles. The Morgan fingerprint density at radius 2 is 2.25 bits per heavy atom. The van der Waals surface area contributed by atoms with Crippen LogP contribution in [0.3, 0.4) is 0 Å². The van der Waals surface area contributed by atoms with Crippen LogP contribution in [0.15, 0.2) is 24.3 Å². The first-order chi connectivity index (χ1) is 9.63. The van der Waals surface area contributed by atoms with Crippen molar-refractivity contribution in [1.82, 2.24) is 9.88 Å². The van der Waals surface area contributed by atoms with Crippen molar-refractivity contribution < 1.29 is 4.79 Å². The molecule has 5 heteroatoms. The van der Waals surface area contributed by atoms with E-state index < -0.39 is 0 Å². The summed E-state index contributed by atoms with van der Waals surface area (Å²) < 4.78 is 1.17. The van der Waals surface area contributed by atoms with Gasteiger partial charge in [0.1, 0.15) is 5.01 Å². The van der Waals surface area contributed by atoms with Gasteiger partial charge in [0.15, 0.2) is 0 Å². The highest BCUT2D eigenvalue weighted by atomic mass is 32.1. The Hall–Kier alpha value is -1.46. The Morgan fingerprint density at radius 3 is 2.95 bits per heavy atom. The number of para-hydroxylation sites is 1. The number of aromatic nitrogens is 1. The maximum atomic E-state index is 12.4. The average Bonchev–Trinajstić information content (AvgIpc) is 3.03. The van der Waals surface area contributed by atoms with Crippen molar-refractivity contribution in [1.29, 1.82) is 0 Å². The van der Waals surface area contributed by atoms with Crippen molar-refractivity contribution >= 4 is 27.5 Å². The molecule has 20 heavy (non-hydrogen) atoms. The molecule has 0 spiro atoms. The first-order valence-corrected chi connectivity index (χ1v) is 7.80. The summed E-state index contributed by atoms with van der Waals surface area (Å²) in [6.07, 6.45) is 2.71. The van der Waals surface area contributed by atoms with Gasteiger partial charge in [-0.2, -0.15) is 0 Å². The number of thiazole rings is 1. The molecule has 0 saturated heterocycles. The maximum absolute atomic E-state index is 12.4. The van der Waals surface area contributed by atoms with Gasteiger partial charge in [0, 0.05) is 19.0 Å². The van der Waals surface area contributed by atoms with E-state index >= 15 is 0 Å². The van der Waals surface area contributed by atoms with Gasteiger partial charge in [-0.1, -0.05) is 12.1 Å². The summed E-state index contributed by atoms with van der Waals surface area (Å²) in [5.74, 6) is 0.307. The SMILES string of the molecule is CN(Cc1nc2ccccc2s1)C(=O)C1CCC(N)C1. The Kier molecular flexibility index (Phi) is 3.72. The number of rotatable bonds is 3. The number of fused-ring (bicyclic) bond motifs is 1. The van der Waals surface area contributed by atoms with Crippen LogP contribution in [0.25, 0.3) is 10.2 Å².